The first-order chi connectivity index (χ1) is 9.42. The maximum Gasteiger partial charge on any atom is 0.244 e. The van der Waals surface area contributed by atoms with Gasteiger partial charge < -0.3 is 14.7 Å². The summed E-state index contributed by atoms with van der Waals surface area (Å²) in [6.07, 6.45) is 5.07. The fourth-order valence-corrected chi connectivity index (χ4v) is 3.41. The molecular formula is C12H18N4O3S. The van der Waals surface area contributed by atoms with Gasteiger partial charge in [0.05, 0.1) is 12.9 Å². The van der Waals surface area contributed by atoms with Crippen LogP contribution in [-0.4, -0.2) is 24.0 Å². The van der Waals surface area contributed by atoms with Gasteiger partial charge in [-0.1, -0.05) is 0 Å². The van der Waals surface area contributed by atoms with Crippen LogP contribution in [0.1, 0.15) is 18.4 Å². The Morgan fingerprint density at radius 3 is 2.85 bits per heavy atom. The summed E-state index contributed by atoms with van der Waals surface area (Å²) in [5.74, 6) is 0.790. The highest BCUT2D eigenvalue weighted by Gasteiger charge is 2.23. The van der Waals surface area contributed by atoms with Crippen molar-refractivity contribution in [1.82, 2.24) is 14.3 Å². The average molecular weight is 298 g/mol. The van der Waals surface area contributed by atoms with Gasteiger partial charge in [-0.15, -0.1) is 0 Å². The van der Waals surface area contributed by atoms with Crippen LogP contribution in [0.5, 0.6) is 0 Å². The molecule has 20 heavy (non-hydrogen) atoms. The van der Waals surface area contributed by atoms with Crippen LogP contribution in [0.4, 0.5) is 0 Å². The highest BCUT2D eigenvalue weighted by Crippen LogP contribution is 2.19. The maximum absolute atomic E-state index is 12.3. The number of rotatable bonds is 6. The van der Waals surface area contributed by atoms with E-state index in [4.69, 9.17) is 10.2 Å². The van der Waals surface area contributed by atoms with Crippen molar-refractivity contribution >= 4 is 10.0 Å². The van der Waals surface area contributed by atoms with Crippen LogP contribution in [0.15, 0.2) is 34.1 Å². The molecule has 2 heterocycles. The van der Waals surface area contributed by atoms with E-state index >= 15 is 0 Å². The second kappa shape index (κ2) is 5.78. The van der Waals surface area contributed by atoms with Crippen molar-refractivity contribution in [3.8, 4) is 0 Å². The van der Waals surface area contributed by atoms with Crippen LogP contribution in [0.25, 0.3) is 0 Å². The number of nitrogens with two attached hydrogens (primary N) is 1. The Hall–Kier alpha value is -1.64. The summed E-state index contributed by atoms with van der Waals surface area (Å²) < 4.78 is 34.3. The predicted octanol–water partition coefficient (Wildman–Crippen LogP) is 0.610. The lowest BCUT2D eigenvalue weighted by Crippen LogP contribution is -2.35. The van der Waals surface area contributed by atoms with Crippen molar-refractivity contribution in [3.05, 3.63) is 36.3 Å². The number of hydrogen-bond donors (Lipinski definition) is 2. The molecule has 0 aliphatic rings. The number of nitrogens with zero attached hydrogens (tertiary/aromatic N) is 2. The van der Waals surface area contributed by atoms with Gasteiger partial charge in [-0.2, -0.15) is 0 Å². The minimum atomic E-state index is -3.62. The second-order valence-corrected chi connectivity index (χ2v) is 6.30. The normalized spacial score (nSPS) is 13.6. The summed E-state index contributed by atoms with van der Waals surface area (Å²) in [5.41, 5.74) is 5.45. The van der Waals surface area contributed by atoms with Gasteiger partial charge in [0, 0.05) is 31.0 Å². The van der Waals surface area contributed by atoms with E-state index in [1.807, 2.05) is 0 Å². The minimum Gasteiger partial charge on any atom is -0.464 e. The molecule has 0 bridgehead atoms. The molecule has 8 heteroatoms. The van der Waals surface area contributed by atoms with Gasteiger partial charge in [0.15, 0.2) is 0 Å². The predicted molar refractivity (Wildman–Crippen MR) is 73.3 cm³/mol. The van der Waals surface area contributed by atoms with Crippen LogP contribution >= 0.6 is 0 Å². The first kappa shape index (κ1) is 14.8. The summed E-state index contributed by atoms with van der Waals surface area (Å²) in [5, 5.41) is 0. The van der Waals surface area contributed by atoms with Gasteiger partial charge in [-0.05, 0) is 13.8 Å². The molecule has 1 atom stereocenters. The van der Waals surface area contributed by atoms with E-state index in [-0.39, 0.29) is 17.5 Å². The molecule has 0 radical (unpaired) electrons. The van der Waals surface area contributed by atoms with E-state index in [1.54, 1.807) is 37.1 Å². The summed E-state index contributed by atoms with van der Waals surface area (Å²) in [4.78, 5) is 4.05. The molecule has 2 rings (SSSR count). The fourth-order valence-electron chi connectivity index (χ4n) is 1.97. The lowest BCUT2D eigenvalue weighted by molar-refractivity contribution is 0.477. The van der Waals surface area contributed by atoms with E-state index < -0.39 is 10.0 Å². The van der Waals surface area contributed by atoms with Crippen LogP contribution in [0.2, 0.25) is 0 Å². The van der Waals surface area contributed by atoms with Crippen molar-refractivity contribution in [2.45, 2.75) is 37.9 Å². The smallest absolute Gasteiger partial charge is 0.244 e. The zero-order chi connectivity index (χ0) is 14.8. The molecule has 2 aromatic rings. The first-order valence-corrected chi connectivity index (χ1v) is 7.68. The molecule has 0 spiro atoms. The third kappa shape index (κ3) is 3.27. The molecule has 110 valence electrons. The van der Waals surface area contributed by atoms with Gasteiger partial charge in [0.1, 0.15) is 16.4 Å². The van der Waals surface area contributed by atoms with Gasteiger partial charge in [0.25, 0.3) is 0 Å². The fraction of sp³-hybridized carbons (Fsp3) is 0.417. The number of aromatic nitrogens is 2. The Morgan fingerprint density at radius 1 is 1.55 bits per heavy atom. The number of aryl methyl sites for hydroxylation is 1. The number of sulfonamides is 1. The number of imidazole rings is 1. The first-order valence-electron chi connectivity index (χ1n) is 6.20. The molecule has 3 N–H and O–H groups in total. The van der Waals surface area contributed by atoms with Crippen molar-refractivity contribution in [3.63, 3.8) is 0 Å². The number of hydrogen-bond acceptors (Lipinski definition) is 5. The number of nitrogens with one attached hydrogen (secondary N) is 1. The largest absolute Gasteiger partial charge is 0.464 e. The third-order valence-corrected chi connectivity index (χ3v) is 4.51. The molecule has 2 aromatic heterocycles. The van der Waals surface area contributed by atoms with Gasteiger partial charge in [-0.3, -0.25) is 0 Å². The Bertz CT molecular complexity index is 661. The summed E-state index contributed by atoms with van der Waals surface area (Å²) in [7, 11) is -3.62. The molecule has 0 aromatic carbocycles. The molecule has 0 aliphatic heterocycles. The van der Waals surface area contributed by atoms with Crippen molar-refractivity contribution in [2.75, 3.05) is 0 Å². The molecule has 0 saturated carbocycles. The topological polar surface area (TPSA) is 103 Å². The standard InChI is InChI=1S/C12H18N4O3S/c1-9(7-16-4-3-14-8-16)15-20(17,18)12-5-11(6-13)19-10(12)2/h3-5,8-9,15H,6-7,13H2,1-2H3. The molecule has 1 unspecified atom stereocenters. The quantitative estimate of drug-likeness (QED) is 0.813. The van der Waals surface area contributed by atoms with Crippen LogP contribution in [-0.2, 0) is 23.1 Å². The molecule has 0 fully saturated rings. The maximum atomic E-state index is 12.3. The third-order valence-electron chi connectivity index (χ3n) is 2.81. The highest BCUT2D eigenvalue weighted by molar-refractivity contribution is 7.89. The number of furan rings is 1. The van der Waals surface area contributed by atoms with E-state index in [9.17, 15) is 8.42 Å². The lowest BCUT2D eigenvalue weighted by atomic mass is 10.4. The Kier molecular flexibility index (Phi) is 4.26. The van der Waals surface area contributed by atoms with Crippen molar-refractivity contribution in [1.29, 1.82) is 0 Å². The molecule has 0 amide bonds. The van der Waals surface area contributed by atoms with Crippen molar-refractivity contribution < 1.29 is 12.8 Å². The average Bonchev–Trinajstić information content (AvgIpc) is 2.97. The van der Waals surface area contributed by atoms with E-state index in [0.29, 0.717) is 18.1 Å². The highest BCUT2D eigenvalue weighted by atomic mass is 32.2. The van der Waals surface area contributed by atoms with Crippen LogP contribution in [0.3, 0.4) is 0 Å². The SMILES string of the molecule is Cc1oc(CN)cc1S(=O)(=O)NC(C)Cn1ccnc1. The summed E-state index contributed by atoms with van der Waals surface area (Å²) in [6, 6.07) is 1.19. The molecule has 0 saturated heterocycles. The molecular weight excluding hydrogens is 280 g/mol. The lowest BCUT2D eigenvalue weighted by Gasteiger charge is -2.14. The van der Waals surface area contributed by atoms with Crippen molar-refractivity contribution in [2.24, 2.45) is 5.73 Å². The molecule has 0 aliphatic carbocycles. The zero-order valence-corrected chi connectivity index (χ0v) is 12.2. The molecule has 7 nitrogen and oxygen atoms in total. The van der Waals surface area contributed by atoms with E-state index in [2.05, 4.69) is 9.71 Å². The summed E-state index contributed by atoms with van der Waals surface area (Å²) >= 11 is 0. The zero-order valence-electron chi connectivity index (χ0n) is 11.4. The summed E-state index contributed by atoms with van der Waals surface area (Å²) in [6.45, 7) is 4.06. The van der Waals surface area contributed by atoms with Gasteiger partial charge >= 0.3 is 0 Å². The van der Waals surface area contributed by atoms with Crippen LogP contribution < -0.4 is 10.5 Å². The second-order valence-electron chi connectivity index (χ2n) is 4.62. The van der Waals surface area contributed by atoms with E-state index in [1.165, 1.54) is 6.07 Å². The van der Waals surface area contributed by atoms with Crippen LogP contribution in [0, 0.1) is 6.92 Å². The Balaban J connectivity index is 2.12. The van der Waals surface area contributed by atoms with Gasteiger partial charge in [0.2, 0.25) is 10.0 Å². The Morgan fingerprint density at radius 2 is 2.30 bits per heavy atom. The monoisotopic (exact) mass is 298 g/mol. The van der Waals surface area contributed by atoms with E-state index in [0.717, 1.165) is 0 Å². The minimum absolute atomic E-state index is 0.135. The Labute approximate surface area is 117 Å². The van der Waals surface area contributed by atoms with Gasteiger partial charge in [-0.25, -0.2) is 18.1 Å².